The molecule has 0 atom stereocenters. The van der Waals surface area contributed by atoms with Crippen molar-refractivity contribution >= 4 is 29.9 Å². The molecule has 3 fully saturated rings. The number of nitrogens with one attached hydrogen (secondary N) is 2. The summed E-state index contributed by atoms with van der Waals surface area (Å²) in [5, 5.41) is 6.92. The molecule has 0 radical (unpaired) electrons. The maximum Gasteiger partial charge on any atom is 0.191 e. The van der Waals surface area contributed by atoms with Crippen LogP contribution in [0.25, 0.3) is 0 Å². The lowest BCUT2D eigenvalue weighted by Gasteiger charge is -2.47. The van der Waals surface area contributed by atoms with Gasteiger partial charge < -0.3 is 20.1 Å². The fourth-order valence-corrected chi connectivity index (χ4v) is 4.31. The van der Waals surface area contributed by atoms with Gasteiger partial charge in [0.15, 0.2) is 5.96 Å². The number of rotatable bonds is 10. The van der Waals surface area contributed by atoms with E-state index in [2.05, 4.69) is 22.5 Å². The fourth-order valence-electron chi connectivity index (χ4n) is 4.31. The molecule has 2 saturated carbocycles. The highest BCUT2D eigenvalue weighted by Crippen LogP contribution is 2.34. The Hall–Kier alpha value is -0.120. The Morgan fingerprint density at radius 2 is 1.89 bits per heavy atom. The van der Waals surface area contributed by atoms with Gasteiger partial charge in [0.25, 0.3) is 0 Å². The van der Waals surface area contributed by atoms with Crippen molar-refractivity contribution < 1.29 is 9.47 Å². The van der Waals surface area contributed by atoms with Gasteiger partial charge in [-0.1, -0.05) is 19.3 Å². The minimum absolute atomic E-state index is 0. The summed E-state index contributed by atoms with van der Waals surface area (Å²) in [4.78, 5) is 7.67. The van der Waals surface area contributed by atoms with E-state index in [1.807, 2.05) is 0 Å². The number of hydrogen-bond acceptors (Lipinski definition) is 4. The van der Waals surface area contributed by atoms with Crippen molar-refractivity contribution in [1.82, 2.24) is 15.5 Å². The molecule has 1 heterocycles. The molecule has 0 unspecified atom stereocenters. The fraction of sp³-hybridized carbons (Fsp3) is 0.952. The Morgan fingerprint density at radius 1 is 1.14 bits per heavy atom. The second-order valence-corrected chi connectivity index (χ2v) is 8.38. The van der Waals surface area contributed by atoms with Crippen LogP contribution < -0.4 is 10.6 Å². The molecule has 7 heteroatoms. The number of guanidine groups is 1. The molecule has 0 spiro atoms. The summed E-state index contributed by atoms with van der Waals surface area (Å²) in [7, 11) is 0. The smallest absolute Gasteiger partial charge is 0.191 e. The summed E-state index contributed by atoms with van der Waals surface area (Å²) >= 11 is 0. The zero-order valence-corrected chi connectivity index (χ0v) is 20.0. The van der Waals surface area contributed by atoms with Gasteiger partial charge in [0.2, 0.25) is 0 Å². The molecule has 1 aliphatic heterocycles. The molecular formula is C21H41IN4O2. The van der Waals surface area contributed by atoms with E-state index < -0.39 is 0 Å². The summed E-state index contributed by atoms with van der Waals surface area (Å²) in [5.74, 6) is 1.81. The lowest BCUT2D eigenvalue weighted by molar-refractivity contribution is -0.0333. The van der Waals surface area contributed by atoms with Gasteiger partial charge >= 0.3 is 0 Å². The molecule has 3 rings (SSSR count). The van der Waals surface area contributed by atoms with Crippen LogP contribution in [0.5, 0.6) is 0 Å². The molecule has 0 bridgehead atoms. The van der Waals surface area contributed by atoms with Crippen molar-refractivity contribution in [3.8, 4) is 0 Å². The van der Waals surface area contributed by atoms with E-state index in [0.29, 0.717) is 0 Å². The predicted molar refractivity (Wildman–Crippen MR) is 126 cm³/mol. The largest absolute Gasteiger partial charge is 0.381 e. The van der Waals surface area contributed by atoms with Crippen molar-refractivity contribution in [2.75, 3.05) is 59.2 Å². The van der Waals surface area contributed by atoms with Crippen LogP contribution >= 0.6 is 24.0 Å². The number of hydrogen-bond donors (Lipinski definition) is 2. The van der Waals surface area contributed by atoms with Gasteiger partial charge in [0.05, 0.1) is 19.8 Å². The second-order valence-electron chi connectivity index (χ2n) is 8.38. The Balaban J connectivity index is 0.00000280. The minimum atomic E-state index is 0. The van der Waals surface area contributed by atoms with E-state index >= 15 is 0 Å². The van der Waals surface area contributed by atoms with Crippen LogP contribution in [0.2, 0.25) is 0 Å². The highest BCUT2D eigenvalue weighted by atomic mass is 127. The molecule has 1 saturated heterocycles. The van der Waals surface area contributed by atoms with Crippen LogP contribution in [-0.4, -0.2) is 75.5 Å². The van der Waals surface area contributed by atoms with E-state index in [1.165, 1.54) is 44.9 Å². The molecular weight excluding hydrogens is 467 g/mol. The zero-order chi connectivity index (χ0) is 18.8. The molecule has 0 aromatic carbocycles. The molecule has 6 nitrogen and oxygen atoms in total. The highest BCUT2D eigenvalue weighted by molar-refractivity contribution is 14.0. The third kappa shape index (κ3) is 7.95. The number of nitrogens with zero attached hydrogens (tertiary/aromatic N) is 2. The van der Waals surface area contributed by atoms with E-state index in [-0.39, 0.29) is 29.5 Å². The molecule has 164 valence electrons. The van der Waals surface area contributed by atoms with Crippen LogP contribution in [0.15, 0.2) is 4.99 Å². The lowest BCUT2D eigenvalue weighted by Crippen LogP contribution is -2.56. The van der Waals surface area contributed by atoms with Gasteiger partial charge in [-0.25, -0.2) is 0 Å². The van der Waals surface area contributed by atoms with Crippen LogP contribution in [0.3, 0.4) is 0 Å². The predicted octanol–water partition coefficient (Wildman–Crippen LogP) is 3.01. The van der Waals surface area contributed by atoms with E-state index in [0.717, 1.165) is 77.4 Å². The van der Waals surface area contributed by atoms with E-state index in [4.69, 9.17) is 14.5 Å². The zero-order valence-electron chi connectivity index (χ0n) is 17.7. The average molecular weight is 508 g/mol. The van der Waals surface area contributed by atoms with Gasteiger partial charge in [-0.15, -0.1) is 24.0 Å². The maximum atomic E-state index is 5.73. The Labute approximate surface area is 188 Å². The Morgan fingerprint density at radius 3 is 2.57 bits per heavy atom. The van der Waals surface area contributed by atoms with E-state index in [9.17, 15) is 0 Å². The first kappa shape index (κ1) is 24.2. The standard InChI is InChI=1S/C21H40N4O2.HI/c1-2-22-20(23-11-6-14-27-17-19-7-8-19)24-18-21(9-4-3-5-10-21)25-12-15-26-16-13-25;/h19H,2-18H2,1H3,(H2,22,23,24);1H. The maximum absolute atomic E-state index is 5.73. The van der Waals surface area contributed by atoms with Gasteiger partial charge in [-0.05, 0) is 44.9 Å². The summed E-state index contributed by atoms with van der Waals surface area (Å²) in [6.07, 6.45) is 10.3. The molecule has 3 aliphatic rings. The highest BCUT2D eigenvalue weighted by Gasteiger charge is 2.38. The first-order chi connectivity index (χ1) is 13.3. The van der Waals surface area contributed by atoms with Crippen molar-refractivity contribution in [1.29, 1.82) is 0 Å². The van der Waals surface area contributed by atoms with Crippen LogP contribution in [-0.2, 0) is 9.47 Å². The van der Waals surface area contributed by atoms with Crippen LogP contribution in [0, 0.1) is 5.92 Å². The second kappa shape index (κ2) is 13.2. The lowest BCUT2D eigenvalue weighted by atomic mass is 9.80. The van der Waals surface area contributed by atoms with Gasteiger partial charge in [-0.2, -0.15) is 0 Å². The van der Waals surface area contributed by atoms with Crippen molar-refractivity contribution in [2.24, 2.45) is 10.9 Å². The first-order valence-corrected chi connectivity index (χ1v) is 11.3. The number of morpholine rings is 1. The number of ether oxygens (including phenoxy) is 2. The number of aliphatic imine (C=N–C) groups is 1. The molecule has 2 N–H and O–H groups in total. The van der Waals surface area contributed by atoms with Crippen molar-refractivity contribution in [2.45, 2.75) is 63.8 Å². The normalized spacial score (nSPS) is 23.1. The Bertz CT molecular complexity index is 448. The van der Waals surface area contributed by atoms with Gasteiger partial charge in [0, 0.05) is 44.9 Å². The molecule has 0 aromatic heterocycles. The molecule has 0 aromatic rings. The number of halogens is 1. The Kier molecular flexibility index (Phi) is 11.4. The van der Waals surface area contributed by atoms with Crippen LogP contribution in [0.4, 0.5) is 0 Å². The molecule has 0 amide bonds. The third-order valence-corrected chi connectivity index (χ3v) is 6.15. The monoisotopic (exact) mass is 508 g/mol. The van der Waals surface area contributed by atoms with Gasteiger partial charge in [0.1, 0.15) is 0 Å². The third-order valence-electron chi connectivity index (χ3n) is 6.15. The van der Waals surface area contributed by atoms with Crippen molar-refractivity contribution in [3.63, 3.8) is 0 Å². The minimum Gasteiger partial charge on any atom is -0.381 e. The van der Waals surface area contributed by atoms with Crippen LogP contribution in [0.1, 0.15) is 58.3 Å². The molecule has 2 aliphatic carbocycles. The summed E-state index contributed by atoms with van der Waals surface area (Å²) in [5.41, 5.74) is 0.234. The average Bonchev–Trinajstić information content (AvgIpc) is 3.54. The summed E-state index contributed by atoms with van der Waals surface area (Å²) in [6.45, 7) is 10.5. The molecule has 28 heavy (non-hydrogen) atoms. The van der Waals surface area contributed by atoms with Crippen molar-refractivity contribution in [3.05, 3.63) is 0 Å². The van der Waals surface area contributed by atoms with Gasteiger partial charge in [-0.3, -0.25) is 9.89 Å². The topological polar surface area (TPSA) is 58.1 Å². The quantitative estimate of drug-likeness (QED) is 0.206. The summed E-state index contributed by atoms with van der Waals surface area (Å²) < 4.78 is 11.3. The SMILES string of the molecule is CCNC(=NCC1(N2CCOCC2)CCCCC1)NCCCOCC1CC1.I. The summed E-state index contributed by atoms with van der Waals surface area (Å²) in [6, 6.07) is 0. The first-order valence-electron chi connectivity index (χ1n) is 11.3. The van der Waals surface area contributed by atoms with E-state index in [1.54, 1.807) is 0 Å².